The van der Waals surface area contributed by atoms with E-state index in [0.717, 1.165) is 52.9 Å². The van der Waals surface area contributed by atoms with Gasteiger partial charge in [-0.15, -0.1) is 47.3 Å². The van der Waals surface area contributed by atoms with Crippen LogP contribution in [0.3, 0.4) is 0 Å². The van der Waals surface area contributed by atoms with E-state index in [1.165, 1.54) is 54.3 Å². The van der Waals surface area contributed by atoms with Crippen LogP contribution in [0.4, 0.5) is 0 Å². The Morgan fingerprint density at radius 3 is 2.07 bits per heavy atom. The number of aryl methyl sites for hydroxylation is 1. The van der Waals surface area contributed by atoms with Crippen molar-refractivity contribution >= 4 is 45.7 Å². The molecule has 0 amide bonds. The van der Waals surface area contributed by atoms with E-state index < -0.39 is 8.07 Å². The van der Waals surface area contributed by atoms with Gasteiger partial charge in [0.1, 0.15) is 0 Å². The molecule has 0 spiro atoms. The van der Waals surface area contributed by atoms with Crippen molar-refractivity contribution < 1.29 is 20.1 Å². The molecule has 3 heterocycles. The number of para-hydroxylation sites is 2. The summed E-state index contributed by atoms with van der Waals surface area (Å²) in [5.74, 6) is 2.33. The zero-order valence-electron chi connectivity index (χ0n) is 37.0. The standard InChI is InChI=1S/C36H35N2S.C18H24NSi.Ir/c1-6-12-25-17-18-34-30(19-25)31(22-39-34)36-37-32-15-10-11-16-33(32)38(36)35-28(23(2)3)20-27(21-29(35)24(4)5)26-13-8-7-9-14-26;1-14(2)11-16-12-17(15-9-7-6-8-10-15)19-13-18(16)20(3,4)5;/h7-11,13-21,23-24H,6,12H2,1-5H3;6-9,12-14H,11H2,1-5H3;/q2*-1;. The zero-order chi connectivity index (χ0) is 41.8. The number of hydrogen-bond acceptors (Lipinski definition) is 3. The fraction of sp³-hybridized carbons (Fsp3) is 0.296. The Balaban J connectivity index is 0.000000243. The molecular weight excluding hydrogens is 943 g/mol. The Labute approximate surface area is 377 Å². The van der Waals surface area contributed by atoms with E-state index in [1.54, 1.807) is 11.3 Å². The summed E-state index contributed by atoms with van der Waals surface area (Å²) in [5.41, 5.74) is 14.7. The molecule has 5 aromatic carbocycles. The van der Waals surface area contributed by atoms with Crippen LogP contribution in [0.2, 0.25) is 19.6 Å². The van der Waals surface area contributed by atoms with Crippen molar-refractivity contribution in [3.63, 3.8) is 0 Å². The smallest absolute Gasteiger partial charge is 0.0798 e. The summed E-state index contributed by atoms with van der Waals surface area (Å²) in [7, 11) is -1.34. The Morgan fingerprint density at radius 1 is 0.750 bits per heavy atom. The van der Waals surface area contributed by atoms with Crippen molar-refractivity contribution in [3.8, 4) is 39.5 Å². The molecule has 1 radical (unpaired) electrons. The second kappa shape index (κ2) is 19.5. The molecule has 0 aliphatic heterocycles. The van der Waals surface area contributed by atoms with Crippen LogP contribution in [0.15, 0.2) is 121 Å². The Bertz CT molecular complexity index is 2640. The molecule has 0 unspecified atom stereocenters. The van der Waals surface area contributed by atoms with Gasteiger partial charge in [0.15, 0.2) is 0 Å². The van der Waals surface area contributed by atoms with Crippen LogP contribution >= 0.6 is 11.3 Å². The van der Waals surface area contributed by atoms with Gasteiger partial charge in [0.2, 0.25) is 0 Å². The minimum atomic E-state index is -1.34. The predicted octanol–water partition coefficient (Wildman–Crippen LogP) is 14.9. The van der Waals surface area contributed by atoms with Crippen LogP contribution in [0.5, 0.6) is 0 Å². The molecule has 0 saturated heterocycles. The third-order valence-electron chi connectivity index (χ3n) is 11.1. The summed E-state index contributed by atoms with van der Waals surface area (Å²) in [6, 6.07) is 44.6. The number of rotatable bonds is 11. The van der Waals surface area contributed by atoms with E-state index in [2.05, 4.69) is 192 Å². The molecule has 311 valence electrons. The minimum Gasteiger partial charge on any atom is -0.333 e. The van der Waals surface area contributed by atoms with E-state index >= 15 is 0 Å². The third kappa shape index (κ3) is 9.84. The first-order valence-electron chi connectivity index (χ1n) is 21.4. The van der Waals surface area contributed by atoms with Crippen LogP contribution in [-0.2, 0) is 32.9 Å². The topological polar surface area (TPSA) is 30.7 Å². The van der Waals surface area contributed by atoms with Crippen molar-refractivity contribution in [3.05, 3.63) is 155 Å². The van der Waals surface area contributed by atoms with E-state index in [4.69, 9.17) is 4.98 Å². The first-order chi connectivity index (χ1) is 28.3. The van der Waals surface area contributed by atoms with Gasteiger partial charge in [-0.25, -0.2) is 0 Å². The van der Waals surface area contributed by atoms with Gasteiger partial charge < -0.3 is 9.55 Å². The predicted molar refractivity (Wildman–Crippen MR) is 258 cm³/mol. The van der Waals surface area contributed by atoms with Crippen LogP contribution in [0.25, 0.3) is 60.6 Å². The summed E-state index contributed by atoms with van der Waals surface area (Å²) >= 11 is 1.69. The largest absolute Gasteiger partial charge is 0.333 e. The van der Waals surface area contributed by atoms with Gasteiger partial charge in [-0.05, 0) is 88.0 Å². The Kier molecular flexibility index (Phi) is 14.7. The second-order valence-electron chi connectivity index (χ2n) is 17.9. The average Bonchev–Trinajstić information content (AvgIpc) is 3.82. The van der Waals surface area contributed by atoms with Crippen LogP contribution in [0.1, 0.15) is 89.0 Å². The van der Waals surface area contributed by atoms with Crippen molar-refractivity contribution in [2.24, 2.45) is 5.92 Å². The number of aromatic nitrogens is 3. The van der Waals surface area contributed by atoms with Gasteiger partial charge >= 0.3 is 0 Å². The monoisotopic (exact) mass is 1000 g/mol. The van der Waals surface area contributed by atoms with Crippen molar-refractivity contribution in [2.75, 3.05) is 0 Å². The number of imidazole rings is 1. The third-order valence-corrected chi connectivity index (χ3v) is 14.0. The number of thiophene rings is 1. The van der Waals surface area contributed by atoms with Gasteiger partial charge in [-0.2, -0.15) is 0 Å². The Morgan fingerprint density at radius 2 is 1.43 bits per heavy atom. The van der Waals surface area contributed by atoms with Gasteiger partial charge in [-0.1, -0.05) is 162 Å². The number of hydrogen-bond donors (Lipinski definition) is 0. The molecule has 8 rings (SSSR count). The maximum absolute atomic E-state index is 5.28. The molecule has 0 bridgehead atoms. The SMILES string of the molecule is CC(C)Cc1cc(-c2[c-]cccc2)ncc1[Si](C)(C)C.CCCc1ccc2s[c-]c(-c3nc4ccccc4n3-c3c(C(C)C)cc(-c4ccccc4)cc3C(C)C)c2c1.[Ir]. The number of nitrogens with zero attached hydrogens (tertiary/aromatic N) is 3. The Hall–Kier alpha value is -4.45. The van der Waals surface area contributed by atoms with E-state index in [-0.39, 0.29) is 20.1 Å². The number of benzene rings is 5. The number of pyridine rings is 1. The second-order valence-corrected chi connectivity index (χ2v) is 23.8. The zero-order valence-corrected chi connectivity index (χ0v) is 41.2. The van der Waals surface area contributed by atoms with E-state index in [1.807, 2.05) is 18.2 Å². The van der Waals surface area contributed by atoms with Crippen molar-refractivity contribution in [1.82, 2.24) is 14.5 Å². The van der Waals surface area contributed by atoms with Gasteiger partial charge in [0, 0.05) is 32.0 Å². The molecule has 3 aromatic heterocycles. The molecule has 0 N–H and O–H groups in total. The van der Waals surface area contributed by atoms with Gasteiger partial charge in [0.25, 0.3) is 0 Å². The van der Waals surface area contributed by atoms with Gasteiger partial charge in [-0.3, -0.25) is 16.3 Å². The molecule has 6 heteroatoms. The first kappa shape index (κ1) is 45.1. The quantitative estimate of drug-likeness (QED) is 0.0955. The van der Waals surface area contributed by atoms with Crippen molar-refractivity contribution in [1.29, 1.82) is 0 Å². The minimum absolute atomic E-state index is 0. The van der Waals surface area contributed by atoms with E-state index in [0.29, 0.717) is 17.8 Å². The summed E-state index contributed by atoms with van der Waals surface area (Å²) in [4.78, 5) is 9.96. The van der Waals surface area contributed by atoms with Gasteiger partial charge in [0.05, 0.1) is 24.9 Å². The summed E-state index contributed by atoms with van der Waals surface area (Å²) in [6.45, 7) is 23.2. The molecule has 60 heavy (non-hydrogen) atoms. The molecule has 3 nitrogen and oxygen atoms in total. The molecule has 0 atom stereocenters. The molecule has 8 aromatic rings. The summed E-state index contributed by atoms with van der Waals surface area (Å²) in [5, 5.41) is 6.41. The fourth-order valence-electron chi connectivity index (χ4n) is 8.15. The normalized spacial score (nSPS) is 11.7. The maximum atomic E-state index is 5.28. The fourth-order valence-corrected chi connectivity index (χ4v) is 10.6. The number of fused-ring (bicyclic) bond motifs is 2. The van der Waals surface area contributed by atoms with Crippen LogP contribution < -0.4 is 5.19 Å². The molecule has 0 aliphatic rings. The maximum Gasteiger partial charge on any atom is 0.0798 e. The molecule has 0 fully saturated rings. The van der Waals surface area contributed by atoms with Crippen molar-refractivity contribution in [2.45, 2.75) is 99.2 Å². The van der Waals surface area contributed by atoms with E-state index in [9.17, 15) is 0 Å². The summed E-state index contributed by atoms with van der Waals surface area (Å²) < 4.78 is 3.69. The molecule has 0 saturated carbocycles. The summed E-state index contributed by atoms with van der Waals surface area (Å²) in [6.07, 6.45) is 5.45. The average molecular weight is 1000 g/mol. The van der Waals surface area contributed by atoms with Crippen LogP contribution in [0, 0.1) is 17.4 Å². The molecule has 0 aliphatic carbocycles. The first-order valence-corrected chi connectivity index (χ1v) is 25.8. The molecular formula is C54H59IrN3SSi-2. The van der Waals surface area contributed by atoms with Crippen LogP contribution in [-0.4, -0.2) is 22.6 Å².